The number of likely N-dealkylation sites (tertiary alicyclic amines) is 1. The first-order chi connectivity index (χ1) is 18.0. The molecule has 1 atom stereocenters. The monoisotopic (exact) mass is 503 g/mol. The lowest BCUT2D eigenvalue weighted by molar-refractivity contribution is -0.139. The quantitative estimate of drug-likeness (QED) is 0.256. The Labute approximate surface area is 210 Å². The number of hydrogen-bond acceptors (Lipinski definition) is 7. The van der Waals surface area contributed by atoms with E-state index in [-0.39, 0.29) is 34.8 Å². The molecule has 9 heteroatoms. The molecule has 2 heterocycles. The minimum absolute atomic E-state index is 0.0699. The van der Waals surface area contributed by atoms with Crippen molar-refractivity contribution < 1.29 is 32.6 Å². The van der Waals surface area contributed by atoms with Crippen molar-refractivity contribution in [3.8, 4) is 17.2 Å². The van der Waals surface area contributed by atoms with Crippen LogP contribution in [-0.4, -0.2) is 29.5 Å². The van der Waals surface area contributed by atoms with Crippen molar-refractivity contribution in [2.45, 2.75) is 25.5 Å². The van der Waals surface area contributed by atoms with Crippen molar-refractivity contribution in [1.29, 1.82) is 0 Å². The highest BCUT2D eigenvalue weighted by molar-refractivity contribution is 5.85. The van der Waals surface area contributed by atoms with Crippen LogP contribution in [0.3, 0.4) is 0 Å². The Morgan fingerprint density at radius 2 is 1.76 bits per heavy atom. The van der Waals surface area contributed by atoms with Crippen molar-refractivity contribution in [2.24, 2.45) is 0 Å². The summed E-state index contributed by atoms with van der Waals surface area (Å²) >= 11 is 0. The highest BCUT2D eigenvalue weighted by atomic mass is 19.1. The van der Waals surface area contributed by atoms with E-state index in [0.29, 0.717) is 19.4 Å². The Morgan fingerprint density at radius 3 is 2.54 bits per heavy atom. The summed E-state index contributed by atoms with van der Waals surface area (Å²) in [4.78, 5) is 39.6. The Hall–Kier alpha value is -4.66. The van der Waals surface area contributed by atoms with Gasteiger partial charge in [-0.2, -0.15) is 0 Å². The van der Waals surface area contributed by atoms with E-state index in [1.165, 1.54) is 47.4 Å². The molecule has 1 aromatic heterocycles. The summed E-state index contributed by atoms with van der Waals surface area (Å²) in [6.07, 6.45) is 1.65. The summed E-state index contributed by atoms with van der Waals surface area (Å²) in [5.74, 6) is -0.657. The van der Waals surface area contributed by atoms with Crippen molar-refractivity contribution in [3.63, 3.8) is 0 Å². The molecular formula is C28H22FNO7. The molecule has 3 aromatic carbocycles. The van der Waals surface area contributed by atoms with Gasteiger partial charge in [0.2, 0.25) is 11.2 Å². The fourth-order valence-corrected chi connectivity index (χ4v) is 4.07. The summed E-state index contributed by atoms with van der Waals surface area (Å²) in [6, 6.07) is 18.0. The minimum Gasteiger partial charge on any atom is -0.460 e. The Morgan fingerprint density at radius 1 is 1.00 bits per heavy atom. The summed E-state index contributed by atoms with van der Waals surface area (Å²) in [6.45, 7) is 0.491. The lowest BCUT2D eigenvalue weighted by Crippen LogP contribution is -2.42. The molecule has 4 aromatic rings. The molecule has 1 fully saturated rings. The molecule has 0 bridgehead atoms. The molecule has 188 valence electrons. The second kappa shape index (κ2) is 10.5. The van der Waals surface area contributed by atoms with E-state index in [1.807, 2.05) is 30.3 Å². The first-order valence-electron chi connectivity index (χ1n) is 11.7. The number of carbonyl (C=O) groups is 2. The van der Waals surface area contributed by atoms with Gasteiger partial charge in [-0.15, -0.1) is 0 Å². The number of rotatable bonds is 6. The van der Waals surface area contributed by atoms with Crippen molar-refractivity contribution >= 4 is 23.0 Å². The van der Waals surface area contributed by atoms with Crippen molar-refractivity contribution in [1.82, 2.24) is 4.90 Å². The number of esters is 1. The van der Waals surface area contributed by atoms with Gasteiger partial charge in [-0.05, 0) is 54.8 Å². The SMILES string of the molecule is O=C(Oc1ccc2c(=O)c(Oc3ccc(F)cc3)coc2c1)C1CCCN1C(=O)OCc1ccccc1. The molecule has 1 amide bonds. The smallest absolute Gasteiger partial charge is 0.410 e. The largest absolute Gasteiger partial charge is 0.460 e. The predicted octanol–water partition coefficient (Wildman–Crippen LogP) is 5.43. The predicted molar refractivity (Wildman–Crippen MR) is 131 cm³/mol. The van der Waals surface area contributed by atoms with Crippen LogP contribution in [0.25, 0.3) is 11.0 Å². The van der Waals surface area contributed by atoms with Crippen LogP contribution in [0.1, 0.15) is 18.4 Å². The summed E-state index contributed by atoms with van der Waals surface area (Å²) < 4.78 is 35.0. The molecule has 8 nitrogen and oxygen atoms in total. The van der Waals surface area contributed by atoms with Crippen LogP contribution >= 0.6 is 0 Å². The van der Waals surface area contributed by atoms with Gasteiger partial charge in [0.1, 0.15) is 41.8 Å². The van der Waals surface area contributed by atoms with Gasteiger partial charge in [-0.25, -0.2) is 14.0 Å². The topological polar surface area (TPSA) is 95.3 Å². The van der Waals surface area contributed by atoms with Gasteiger partial charge in [-0.3, -0.25) is 9.69 Å². The third-order valence-corrected chi connectivity index (χ3v) is 5.94. The number of benzene rings is 3. The van der Waals surface area contributed by atoms with E-state index in [4.69, 9.17) is 18.6 Å². The maximum atomic E-state index is 13.1. The number of fused-ring (bicyclic) bond motifs is 1. The summed E-state index contributed by atoms with van der Waals surface area (Å²) in [5.41, 5.74) is 0.594. The second-order valence-electron chi connectivity index (χ2n) is 8.46. The van der Waals surface area contributed by atoms with Gasteiger partial charge >= 0.3 is 12.1 Å². The molecular weight excluding hydrogens is 481 g/mol. The average molecular weight is 503 g/mol. The highest BCUT2D eigenvalue weighted by Crippen LogP contribution is 2.26. The maximum absolute atomic E-state index is 13.1. The van der Waals surface area contributed by atoms with Crippen LogP contribution in [-0.2, 0) is 16.1 Å². The first kappa shape index (κ1) is 24.1. The zero-order chi connectivity index (χ0) is 25.8. The zero-order valence-electron chi connectivity index (χ0n) is 19.6. The molecule has 37 heavy (non-hydrogen) atoms. The zero-order valence-corrected chi connectivity index (χ0v) is 19.6. The van der Waals surface area contributed by atoms with E-state index in [0.717, 1.165) is 11.8 Å². The first-order valence-corrected chi connectivity index (χ1v) is 11.7. The molecule has 1 unspecified atom stereocenters. The van der Waals surface area contributed by atoms with Crippen LogP contribution in [0.4, 0.5) is 9.18 Å². The Bertz CT molecular complexity index is 1480. The Balaban J connectivity index is 1.25. The number of carbonyl (C=O) groups excluding carboxylic acids is 2. The molecule has 1 aliphatic heterocycles. The minimum atomic E-state index is -0.780. The summed E-state index contributed by atoms with van der Waals surface area (Å²) in [7, 11) is 0. The number of hydrogen-bond donors (Lipinski definition) is 0. The van der Waals surface area contributed by atoms with Crippen LogP contribution in [0, 0.1) is 5.82 Å². The van der Waals surface area contributed by atoms with Gasteiger partial charge in [0.15, 0.2) is 0 Å². The van der Waals surface area contributed by atoms with Crippen molar-refractivity contribution in [3.05, 3.63) is 101 Å². The number of ether oxygens (including phenoxy) is 3. The normalized spacial score (nSPS) is 14.9. The number of amides is 1. The van der Waals surface area contributed by atoms with Gasteiger partial charge in [0.25, 0.3) is 0 Å². The maximum Gasteiger partial charge on any atom is 0.410 e. The molecule has 5 rings (SSSR count). The van der Waals surface area contributed by atoms with Gasteiger partial charge in [0, 0.05) is 12.6 Å². The number of nitrogens with zero attached hydrogens (tertiary/aromatic N) is 1. The molecule has 0 spiro atoms. The fraction of sp³-hybridized carbons (Fsp3) is 0.179. The third kappa shape index (κ3) is 5.45. The summed E-state index contributed by atoms with van der Waals surface area (Å²) in [5, 5.41) is 0.214. The molecule has 1 aliphatic rings. The van der Waals surface area contributed by atoms with E-state index < -0.39 is 29.4 Å². The molecule has 0 N–H and O–H groups in total. The van der Waals surface area contributed by atoms with Crippen LogP contribution in [0.5, 0.6) is 17.2 Å². The standard InChI is InChI=1S/C28H22FNO7/c29-19-8-10-20(11-9-19)36-25-17-34-24-15-21(12-13-22(24)26(25)31)37-27(32)23-7-4-14-30(23)28(33)35-16-18-5-2-1-3-6-18/h1-3,5-6,8-13,15,17,23H,4,7,14,16H2. The van der Waals surface area contributed by atoms with E-state index in [2.05, 4.69) is 0 Å². The lowest BCUT2D eigenvalue weighted by atomic mass is 10.2. The average Bonchev–Trinajstić information content (AvgIpc) is 3.41. The van der Waals surface area contributed by atoms with Crippen LogP contribution < -0.4 is 14.9 Å². The van der Waals surface area contributed by atoms with Gasteiger partial charge < -0.3 is 18.6 Å². The van der Waals surface area contributed by atoms with Gasteiger partial charge in [-0.1, -0.05) is 30.3 Å². The molecule has 1 saturated heterocycles. The van der Waals surface area contributed by atoms with E-state index in [1.54, 1.807) is 0 Å². The number of halogens is 1. The molecule has 0 radical (unpaired) electrons. The molecule has 0 aliphatic carbocycles. The van der Waals surface area contributed by atoms with E-state index >= 15 is 0 Å². The lowest BCUT2D eigenvalue weighted by Gasteiger charge is -2.22. The second-order valence-corrected chi connectivity index (χ2v) is 8.46. The van der Waals surface area contributed by atoms with Crippen LogP contribution in [0.2, 0.25) is 0 Å². The highest BCUT2D eigenvalue weighted by Gasteiger charge is 2.36. The van der Waals surface area contributed by atoms with Crippen LogP contribution in [0.15, 0.2) is 88.3 Å². The van der Waals surface area contributed by atoms with E-state index in [9.17, 15) is 18.8 Å². The third-order valence-electron chi connectivity index (χ3n) is 5.94. The van der Waals surface area contributed by atoms with Crippen molar-refractivity contribution in [2.75, 3.05) is 6.54 Å². The fourth-order valence-electron chi connectivity index (χ4n) is 4.07. The van der Waals surface area contributed by atoms with Gasteiger partial charge in [0.05, 0.1) is 5.39 Å². The molecule has 0 saturated carbocycles. The Kier molecular flexibility index (Phi) is 6.85.